The molecule has 3 rings (SSSR count). The largest absolute Gasteiger partial charge is 1.00 e. The first-order chi connectivity index (χ1) is 14.3. The smallest absolute Gasteiger partial charge is 1.00 e. The van der Waals surface area contributed by atoms with Crippen LogP contribution in [0.1, 0.15) is 22.9 Å². The predicted molar refractivity (Wildman–Crippen MR) is 111 cm³/mol. The zero-order valence-electron chi connectivity index (χ0n) is 17.8. The molecular weight excluding hydrogens is 431 g/mol. The number of carbonyl (C=O) groups is 1. The summed E-state index contributed by atoms with van der Waals surface area (Å²) < 4.78 is 42.7. The Morgan fingerprint density at radius 3 is 1.81 bits per heavy atom. The number of aliphatic hydroxyl groups is 1. The minimum atomic E-state index is -4.94. The van der Waals surface area contributed by atoms with Crippen LogP contribution in [-0.2, 0) is 23.3 Å². The fourth-order valence-electron chi connectivity index (χ4n) is 2.64. The van der Waals surface area contributed by atoms with Crippen LogP contribution in [0.4, 0.5) is 0 Å². The minimum absolute atomic E-state index is 0. The Balaban J connectivity index is 0.00000256. The molecule has 0 aliphatic rings. The Bertz CT molecular complexity index is 1110. The molecule has 9 heteroatoms. The van der Waals surface area contributed by atoms with Gasteiger partial charge in [-0.05, 0) is 29.3 Å². The number of benzene rings is 3. The second-order valence-corrected chi connectivity index (χ2v) is 7.92. The summed E-state index contributed by atoms with van der Waals surface area (Å²) in [4.78, 5) is 12.2. The standard InChI is InChI=1S/C22H20O7S.Na.H/c23-21(22(24)30(25,26)27)18-11-12-19(28-14-16-7-3-1-4-8-16)20(13-18)29-15-17-9-5-2-6-10-17;;/h1-13,22,24H,14-15H2,(H,25,26,27);;/q;+1;-1. The van der Waals surface area contributed by atoms with Crippen LogP contribution in [0.5, 0.6) is 11.5 Å². The van der Waals surface area contributed by atoms with E-state index in [4.69, 9.17) is 14.0 Å². The molecule has 0 saturated heterocycles. The third-order valence-corrected chi connectivity index (χ3v) is 4.99. The number of carbonyl (C=O) groups excluding carboxylic acids is 1. The number of aliphatic hydroxyl groups excluding tert-OH is 1. The topological polar surface area (TPSA) is 110 Å². The van der Waals surface area contributed by atoms with Gasteiger partial charge in [0.1, 0.15) is 13.2 Å². The van der Waals surface area contributed by atoms with Crippen molar-refractivity contribution in [3.8, 4) is 11.5 Å². The van der Waals surface area contributed by atoms with Gasteiger partial charge in [0, 0.05) is 5.56 Å². The fourth-order valence-corrected chi connectivity index (χ4v) is 3.05. The van der Waals surface area contributed by atoms with Gasteiger partial charge in [-0.25, -0.2) is 0 Å². The van der Waals surface area contributed by atoms with Crippen LogP contribution in [-0.4, -0.2) is 29.3 Å². The number of ketones is 1. The molecule has 7 nitrogen and oxygen atoms in total. The Morgan fingerprint density at radius 2 is 1.32 bits per heavy atom. The van der Waals surface area contributed by atoms with Crippen LogP contribution in [0.25, 0.3) is 0 Å². The molecular formula is C22H21NaO7S. The van der Waals surface area contributed by atoms with E-state index in [9.17, 15) is 18.3 Å². The SMILES string of the molecule is O=C(c1ccc(OCc2ccccc2)c(OCc2ccccc2)c1)C(O)S(=O)(=O)O.[H-].[Na+]. The van der Waals surface area contributed by atoms with Gasteiger partial charge in [-0.3, -0.25) is 9.35 Å². The van der Waals surface area contributed by atoms with Gasteiger partial charge in [0.2, 0.25) is 11.2 Å². The van der Waals surface area contributed by atoms with Crippen LogP contribution < -0.4 is 39.0 Å². The third kappa shape index (κ3) is 7.17. The van der Waals surface area contributed by atoms with E-state index in [2.05, 4.69) is 0 Å². The van der Waals surface area contributed by atoms with E-state index >= 15 is 0 Å². The molecule has 1 atom stereocenters. The van der Waals surface area contributed by atoms with E-state index in [1.807, 2.05) is 60.7 Å². The van der Waals surface area contributed by atoms with Gasteiger partial charge in [-0.2, -0.15) is 8.42 Å². The molecule has 31 heavy (non-hydrogen) atoms. The molecule has 0 heterocycles. The van der Waals surface area contributed by atoms with Crippen LogP contribution in [0.2, 0.25) is 0 Å². The first kappa shape index (κ1) is 25.1. The average Bonchev–Trinajstić information content (AvgIpc) is 2.76. The molecule has 0 radical (unpaired) electrons. The second-order valence-electron chi connectivity index (χ2n) is 6.44. The molecule has 0 spiro atoms. The van der Waals surface area contributed by atoms with Gasteiger partial charge in [0.15, 0.2) is 11.5 Å². The molecule has 0 bridgehead atoms. The molecule has 158 valence electrons. The van der Waals surface area contributed by atoms with Crippen molar-refractivity contribution in [2.24, 2.45) is 0 Å². The van der Waals surface area contributed by atoms with Crippen LogP contribution >= 0.6 is 0 Å². The molecule has 0 fully saturated rings. The number of hydrogen-bond acceptors (Lipinski definition) is 6. The molecule has 0 aliphatic heterocycles. The first-order valence-electron chi connectivity index (χ1n) is 9.00. The van der Waals surface area contributed by atoms with Gasteiger partial charge < -0.3 is 16.0 Å². The zero-order valence-corrected chi connectivity index (χ0v) is 19.7. The normalized spacial score (nSPS) is 11.8. The van der Waals surface area contributed by atoms with E-state index in [1.54, 1.807) is 0 Å². The molecule has 3 aromatic carbocycles. The van der Waals surface area contributed by atoms with E-state index in [0.29, 0.717) is 5.75 Å². The Hall–Kier alpha value is -2.20. The van der Waals surface area contributed by atoms with Gasteiger partial charge in [0.05, 0.1) is 0 Å². The monoisotopic (exact) mass is 452 g/mol. The summed E-state index contributed by atoms with van der Waals surface area (Å²) in [5.41, 5.74) is -0.916. The number of ether oxygens (including phenoxy) is 2. The summed E-state index contributed by atoms with van der Waals surface area (Å²) in [7, 11) is -4.94. The van der Waals surface area contributed by atoms with Crippen molar-refractivity contribution < 1.29 is 63.3 Å². The summed E-state index contributed by atoms with van der Waals surface area (Å²) in [6.45, 7) is 0.435. The molecule has 2 N–H and O–H groups in total. The second kappa shape index (κ2) is 11.4. The van der Waals surface area contributed by atoms with Crippen molar-refractivity contribution in [1.82, 2.24) is 0 Å². The Morgan fingerprint density at radius 1 is 0.839 bits per heavy atom. The summed E-state index contributed by atoms with van der Waals surface area (Å²) >= 11 is 0. The number of Topliss-reactive ketones (excluding diaryl/α,β-unsaturated/α-hetero) is 1. The van der Waals surface area contributed by atoms with Gasteiger partial charge in [-0.1, -0.05) is 60.7 Å². The molecule has 0 amide bonds. The van der Waals surface area contributed by atoms with Crippen molar-refractivity contribution in [2.45, 2.75) is 18.6 Å². The van der Waals surface area contributed by atoms with E-state index in [-0.39, 0.29) is 55.5 Å². The summed E-state index contributed by atoms with van der Waals surface area (Å²) in [6, 6.07) is 22.8. The summed E-state index contributed by atoms with van der Waals surface area (Å²) in [6.07, 6.45) is 0. The van der Waals surface area contributed by atoms with E-state index in [1.165, 1.54) is 18.2 Å². The molecule has 1 unspecified atom stereocenters. The maximum Gasteiger partial charge on any atom is 1.00 e. The predicted octanol–water partition coefficient (Wildman–Crippen LogP) is 0.350. The van der Waals surface area contributed by atoms with E-state index < -0.39 is 21.3 Å². The molecule has 0 aromatic heterocycles. The van der Waals surface area contributed by atoms with Crippen molar-refractivity contribution in [2.75, 3.05) is 0 Å². The Kier molecular flexibility index (Phi) is 9.24. The Labute approximate surface area is 204 Å². The maximum atomic E-state index is 12.2. The van der Waals surface area contributed by atoms with Gasteiger partial charge in [0.25, 0.3) is 10.1 Å². The molecule has 3 aromatic rings. The minimum Gasteiger partial charge on any atom is -1.00 e. The molecule has 0 saturated carbocycles. The quantitative estimate of drug-likeness (QED) is 0.274. The molecule has 0 aliphatic carbocycles. The van der Waals surface area contributed by atoms with E-state index in [0.717, 1.165) is 11.1 Å². The van der Waals surface area contributed by atoms with Crippen molar-refractivity contribution in [1.29, 1.82) is 0 Å². The zero-order chi connectivity index (χ0) is 21.6. The third-order valence-electron chi connectivity index (χ3n) is 4.21. The first-order valence-corrected chi connectivity index (χ1v) is 10.5. The summed E-state index contributed by atoms with van der Waals surface area (Å²) in [5, 5.41) is 9.57. The van der Waals surface area contributed by atoms with Crippen molar-refractivity contribution in [3.63, 3.8) is 0 Å². The summed E-state index contributed by atoms with van der Waals surface area (Å²) in [5.74, 6) is -0.632. The van der Waals surface area contributed by atoms with Crippen molar-refractivity contribution in [3.05, 3.63) is 95.6 Å². The number of hydrogen-bond donors (Lipinski definition) is 2. The maximum absolute atomic E-state index is 12.2. The van der Waals surface area contributed by atoms with Crippen LogP contribution in [0.15, 0.2) is 78.9 Å². The van der Waals surface area contributed by atoms with Crippen molar-refractivity contribution >= 4 is 15.9 Å². The van der Waals surface area contributed by atoms with Gasteiger partial charge >= 0.3 is 29.6 Å². The number of rotatable bonds is 9. The fraction of sp³-hybridized carbons (Fsp3) is 0.136. The van der Waals surface area contributed by atoms with Crippen LogP contribution in [0.3, 0.4) is 0 Å². The average molecular weight is 452 g/mol. The van der Waals surface area contributed by atoms with Gasteiger partial charge in [-0.15, -0.1) is 0 Å². The van der Waals surface area contributed by atoms with Crippen LogP contribution in [0, 0.1) is 0 Å².